The van der Waals surface area contributed by atoms with Gasteiger partial charge in [0, 0.05) is 6.04 Å². The van der Waals surface area contributed by atoms with E-state index in [2.05, 4.69) is 0 Å². The number of rotatable bonds is 2. The summed E-state index contributed by atoms with van der Waals surface area (Å²) in [5.74, 6) is -1.04. The molecule has 0 spiro atoms. The van der Waals surface area contributed by atoms with Crippen molar-refractivity contribution in [3.63, 3.8) is 0 Å². The van der Waals surface area contributed by atoms with Crippen LogP contribution >= 0.6 is 0 Å². The van der Waals surface area contributed by atoms with Crippen LogP contribution in [0.25, 0.3) is 0 Å². The van der Waals surface area contributed by atoms with Gasteiger partial charge < -0.3 is 5.73 Å². The van der Waals surface area contributed by atoms with Crippen molar-refractivity contribution in [2.45, 2.75) is 37.9 Å². The third-order valence-electron chi connectivity index (χ3n) is 3.59. The molecule has 0 aromatic heterocycles. The second-order valence-corrected chi connectivity index (χ2v) is 4.81. The van der Waals surface area contributed by atoms with Gasteiger partial charge >= 0.3 is 6.18 Å². The number of hydrogen-bond donors (Lipinski definition) is 1. The zero-order valence-corrected chi connectivity index (χ0v) is 9.80. The molecule has 1 saturated carbocycles. The molecule has 100 valence electrons. The molecule has 18 heavy (non-hydrogen) atoms. The number of hydrogen-bond acceptors (Lipinski definition) is 1. The van der Waals surface area contributed by atoms with E-state index in [-0.39, 0.29) is 5.92 Å². The van der Waals surface area contributed by atoms with Crippen LogP contribution in [0.1, 0.15) is 42.9 Å². The Morgan fingerprint density at radius 2 is 1.78 bits per heavy atom. The van der Waals surface area contributed by atoms with E-state index in [4.69, 9.17) is 5.73 Å². The Morgan fingerprint density at radius 1 is 1.17 bits per heavy atom. The topological polar surface area (TPSA) is 26.0 Å². The normalized spacial score (nSPS) is 19.2. The van der Waals surface area contributed by atoms with E-state index in [0.29, 0.717) is 5.56 Å². The van der Waals surface area contributed by atoms with Gasteiger partial charge in [0.15, 0.2) is 0 Å². The zero-order chi connectivity index (χ0) is 13.3. The smallest absolute Gasteiger partial charge is 0.324 e. The van der Waals surface area contributed by atoms with Crippen molar-refractivity contribution in [3.8, 4) is 0 Å². The van der Waals surface area contributed by atoms with E-state index in [1.165, 1.54) is 6.07 Å². The molecule has 0 aliphatic heterocycles. The average molecular weight is 261 g/mol. The summed E-state index contributed by atoms with van der Waals surface area (Å²) in [6, 6.07) is 2.62. The molecule has 0 heterocycles. The van der Waals surface area contributed by atoms with Crippen LogP contribution in [0.2, 0.25) is 0 Å². The molecule has 1 aromatic rings. The summed E-state index contributed by atoms with van der Waals surface area (Å²) in [5, 5.41) is 0. The highest BCUT2D eigenvalue weighted by Gasteiger charge is 2.35. The van der Waals surface area contributed by atoms with Crippen LogP contribution in [-0.2, 0) is 6.18 Å². The monoisotopic (exact) mass is 261 g/mol. The summed E-state index contributed by atoms with van der Waals surface area (Å²) in [4.78, 5) is 0. The van der Waals surface area contributed by atoms with E-state index in [9.17, 15) is 17.6 Å². The largest absolute Gasteiger partial charge is 0.419 e. The minimum Gasteiger partial charge on any atom is -0.324 e. The first-order chi connectivity index (χ1) is 8.39. The molecule has 1 aromatic carbocycles. The fourth-order valence-corrected chi connectivity index (χ4v) is 2.56. The van der Waals surface area contributed by atoms with Gasteiger partial charge in [-0.25, -0.2) is 4.39 Å². The summed E-state index contributed by atoms with van der Waals surface area (Å²) >= 11 is 0. The highest BCUT2D eigenvalue weighted by Crippen LogP contribution is 2.37. The first-order valence-corrected chi connectivity index (χ1v) is 6.02. The molecular weight excluding hydrogens is 246 g/mol. The molecule has 0 unspecified atom stereocenters. The predicted octanol–water partition coefficient (Wildman–Crippen LogP) is 4.03. The van der Waals surface area contributed by atoms with Gasteiger partial charge in [0.25, 0.3) is 0 Å². The maximum Gasteiger partial charge on any atom is 0.419 e. The molecule has 1 atom stereocenters. The Balaban J connectivity index is 2.28. The van der Waals surface area contributed by atoms with Gasteiger partial charge in [0.2, 0.25) is 0 Å². The fraction of sp³-hybridized carbons (Fsp3) is 0.538. The Morgan fingerprint density at radius 3 is 2.33 bits per heavy atom. The third kappa shape index (κ3) is 2.66. The summed E-state index contributed by atoms with van der Waals surface area (Å²) in [7, 11) is 0. The number of nitrogens with two attached hydrogens (primary N) is 1. The minimum atomic E-state index is -4.67. The molecule has 0 radical (unpaired) electrons. The van der Waals surface area contributed by atoms with E-state index in [1.807, 2.05) is 0 Å². The molecular formula is C13H15F4N. The van der Waals surface area contributed by atoms with Crippen molar-refractivity contribution in [1.82, 2.24) is 0 Å². The van der Waals surface area contributed by atoms with Gasteiger partial charge in [-0.1, -0.05) is 18.9 Å². The fourth-order valence-electron chi connectivity index (χ4n) is 2.56. The van der Waals surface area contributed by atoms with E-state index >= 15 is 0 Å². The molecule has 2 N–H and O–H groups in total. The van der Waals surface area contributed by atoms with Crippen molar-refractivity contribution in [2.75, 3.05) is 0 Å². The predicted molar refractivity (Wildman–Crippen MR) is 60.3 cm³/mol. The number of halogens is 4. The lowest BCUT2D eigenvalue weighted by atomic mass is 9.91. The Kier molecular flexibility index (Phi) is 3.61. The highest BCUT2D eigenvalue weighted by atomic mass is 19.4. The van der Waals surface area contributed by atoms with Crippen LogP contribution in [0, 0.1) is 11.7 Å². The lowest BCUT2D eigenvalue weighted by Gasteiger charge is -2.20. The van der Waals surface area contributed by atoms with E-state index < -0.39 is 23.6 Å². The van der Waals surface area contributed by atoms with Crippen molar-refractivity contribution in [1.29, 1.82) is 0 Å². The summed E-state index contributed by atoms with van der Waals surface area (Å²) in [5.41, 5.74) is 5.12. The van der Waals surface area contributed by atoms with E-state index in [1.54, 1.807) is 0 Å². The van der Waals surface area contributed by atoms with Gasteiger partial charge in [-0.15, -0.1) is 0 Å². The first kappa shape index (κ1) is 13.3. The molecule has 1 aliphatic carbocycles. The van der Waals surface area contributed by atoms with Crippen molar-refractivity contribution in [3.05, 3.63) is 35.1 Å². The lowest BCUT2D eigenvalue weighted by Crippen LogP contribution is -2.20. The van der Waals surface area contributed by atoms with Crippen LogP contribution in [-0.4, -0.2) is 0 Å². The summed E-state index contributed by atoms with van der Waals surface area (Å²) in [6.07, 6.45) is -0.688. The molecule has 2 rings (SSSR count). The summed E-state index contributed by atoms with van der Waals surface area (Å²) in [6.45, 7) is 0. The molecule has 1 nitrogen and oxygen atoms in total. The summed E-state index contributed by atoms with van der Waals surface area (Å²) < 4.78 is 50.9. The SMILES string of the molecule is N[C@@H](c1ccc(F)c(C(F)(F)F)c1)C1CCCC1. The zero-order valence-electron chi connectivity index (χ0n) is 9.80. The molecule has 1 fully saturated rings. The van der Waals surface area contributed by atoms with Crippen LogP contribution in [0.15, 0.2) is 18.2 Å². The van der Waals surface area contributed by atoms with Gasteiger partial charge in [-0.3, -0.25) is 0 Å². The minimum absolute atomic E-state index is 0.205. The molecule has 0 amide bonds. The maximum atomic E-state index is 13.1. The number of benzene rings is 1. The van der Waals surface area contributed by atoms with E-state index in [0.717, 1.165) is 37.8 Å². The first-order valence-electron chi connectivity index (χ1n) is 6.02. The van der Waals surface area contributed by atoms with Crippen LogP contribution in [0.5, 0.6) is 0 Å². The quantitative estimate of drug-likeness (QED) is 0.799. The Labute approximate surface area is 103 Å². The van der Waals surface area contributed by atoms with Gasteiger partial charge in [-0.05, 0) is 36.5 Å². The molecule has 0 saturated heterocycles. The van der Waals surface area contributed by atoms with Gasteiger partial charge in [-0.2, -0.15) is 13.2 Å². The second-order valence-electron chi connectivity index (χ2n) is 4.81. The van der Waals surface area contributed by atoms with Crippen molar-refractivity contribution < 1.29 is 17.6 Å². The van der Waals surface area contributed by atoms with Crippen molar-refractivity contribution in [2.24, 2.45) is 11.7 Å². The lowest BCUT2D eigenvalue weighted by molar-refractivity contribution is -0.140. The Hall–Kier alpha value is -1.10. The van der Waals surface area contributed by atoms with Gasteiger partial charge in [0.05, 0.1) is 5.56 Å². The highest BCUT2D eigenvalue weighted by molar-refractivity contribution is 5.29. The van der Waals surface area contributed by atoms with Crippen LogP contribution < -0.4 is 5.73 Å². The van der Waals surface area contributed by atoms with Crippen LogP contribution in [0.3, 0.4) is 0 Å². The van der Waals surface area contributed by atoms with Crippen molar-refractivity contribution >= 4 is 0 Å². The van der Waals surface area contributed by atoms with Gasteiger partial charge in [0.1, 0.15) is 5.82 Å². The molecule has 5 heteroatoms. The maximum absolute atomic E-state index is 13.1. The Bertz CT molecular complexity index is 421. The molecule has 1 aliphatic rings. The average Bonchev–Trinajstić information content (AvgIpc) is 2.80. The van der Waals surface area contributed by atoms with Crippen LogP contribution in [0.4, 0.5) is 17.6 Å². The second kappa shape index (κ2) is 4.88. The third-order valence-corrected chi connectivity index (χ3v) is 3.59. The molecule has 0 bridgehead atoms. The standard InChI is InChI=1S/C13H15F4N/c14-11-6-5-9(7-10(11)13(15,16)17)12(18)8-3-1-2-4-8/h5-8,12H,1-4,18H2/t12-/m1/s1. The number of alkyl halides is 3.